The predicted molar refractivity (Wildman–Crippen MR) is 95.0 cm³/mol. The fraction of sp³-hybridized carbons (Fsp3) is 0.250. The van der Waals surface area contributed by atoms with Crippen molar-refractivity contribution in [1.29, 1.82) is 0 Å². The molecule has 1 aromatic carbocycles. The molecule has 0 unspecified atom stereocenters. The van der Waals surface area contributed by atoms with Gasteiger partial charge in [0, 0.05) is 25.5 Å². The number of anilines is 3. The van der Waals surface area contributed by atoms with Crippen molar-refractivity contribution in [1.82, 2.24) is 9.97 Å². The molecule has 1 aromatic heterocycles. The monoisotopic (exact) mass is 342 g/mol. The van der Waals surface area contributed by atoms with Crippen molar-refractivity contribution >= 4 is 35.3 Å². The smallest absolute Gasteiger partial charge is 0.335 e. The number of nitrogen functional groups attached to an aromatic ring is 1. The lowest BCUT2D eigenvalue weighted by Crippen LogP contribution is -2.52. The quantitative estimate of drug-likeness (QED) is 0.656. The molecule has 25 heavy (non-hydrogen) atoms. The zero-order valence-electron chi connectivity index (χ0n) is 13.8. The fourth-order valence-electron chi connectivity index (χ4n) is 2.56. The first-order chi connectivity index (χ1) is 11.8. The van der Waals surface area contributed by atoms with Crippen LogP contribution in [0.2, 0.25) is 0 Å². The fourth-order valence-corrected chi connectivity index (χ4v) is 2.56. The van der Waals surface area contributed by atoms with E-state index in [0.29, 0.717) is 18.1 Å². The van der Waals surface area contributed by atoms with Gasteiger partial charge in [-0.2, -0.15) is 9.97 Å². The lowest BCUT2D eigenvalue weighted by Gasteiger charge is -2.40. The second-order valence-corrected chi connectivity index (χ2v) is 5.99. The summed E-state index contributed by atoms with van der Waals surface area (Å²) in [6, 6.07) is 6.46. The molecular weight excluding hydrogens is 324 g/mol. The number of rotatable bonds is 4. The molecule has 0 saturated carbocycles. The van der Waals surface area contributed by atoms with Crippen LogP contribution in [0.25, 0.3) is 0 Å². The van der Waals surface area contributed by atoms with E-state index >= 15 is 0 Å². The maximum absolute atomic E-state index is 10.9. The highest BCUT2D eigenvalue weighted by molar-refractivity contribution is 5.89. The molecule has 0 bridgehead atoms. The Bertz CT molecular complexity index is 852. The van der Waals surface area contributed by atoms with Gasteiger partial charge < -0.3 is 26.2 Å². The molecular formula is C16H18N6O3. The molecule has 9 heteroatoms. The van der Waals surface area contributed by atoms with Crippen molar-refractivity contribution in [2.45, 2.75) is 12.5 Å². The number of aromatic nitrogens is 2. The summed E-state index contributed by atoms with van der Waals surface area (Å²) in [6.07, 6.45) is 1.72. The predicted octanol–water partition coefficient (Wildman–Crippen LogP) is 1.49. The highest BCUT2D eigenvalue weighted by Crippen LogP contribution is 2.40. The largest absolute Gasteiger partial charge is 0.492 e. The summed E-state index contributed by atoms with van der Waals surface area (Å²) in [5.41, 5.74) is 6.38. The number of carboxylic acid groups (broad SMARTS) is 1. The minimum Gasteiger partial charge on any atom is -0.492 e. The third-order valence-corrected chi connectivity index (χ3v) is 4.21. The zero-order valence-corrected chi connectivity index (χ0v) is 13.8. The number of carboxylic acids is 1. The first kappa shape index (κ1) is 16.5. The number of hydrogen-bond donors (Lipinski definition) is 4. The molecule has 5 N–H and O–H groups in total. The molecule has 1 aliphatic heterocycles. The SMILES string of the molecule is CN1c2c(O)nc(N)nc2N=C[C@]1(C)CNc1ccc(C(=O)O)cc1. The maximum Gasteiger partial charge on any atom is 0.335 e. The molecule has 0 aliphatic carbocycles. The second-order valence-electron chi connectivity index (χ2n) is 5.99. The van der Waals surface area contributed by atoms with Crippen LogP contribution >= 0.6 is 0 Å². The standard InChI is InChI=1S/C16H18N6O3/c1-16(7-18-10-5-3-9(4-6-10)14(24)25)8-19-12-11(22(16)2)13(23)21-15(17)20-12/h3-6,8,18H,7H2,1-2H3,(H,24,25)(H3,17,20,21,23)/t16-/m0/s1. The summed E-state index contributed by atoms with van der Waals surface area (Å²) < 4.78 is 0. The van der Waals surface area contributed by atoms with Crippen LogP contribution in [-0.2, 0) is 0 Å². The van der Waals surface area contributed by atoms with Crippen molar-refractivity contribution < 1.29 is 15.0 Å². The molecule has 1 atom stereocenters. The Kier molecular flexibility index (Phi) is 3.91. The lowest BCUT2D eigenvalue weighted by atomic mass is 9.99. The highest BCUT2D eigenvalue weighted by atomic mass is 16.4. The topological polar surface area (TPSA) is 137 Å². The number of benzene rings is 1. The van der Waals surface area contributed by atoms with Crippen LogP contribution in [0.3, 0.4) is 0 Å². The summed E-state index contributed by atoms with van der Waals surface area (Å²) in [6.45, 7) is 2.40. The summed E-state index contributed by atoms with van der Waals surface area (Å²) >= 11 is 0. The van der Waals surface area contributed by atoms with E-state index in [4.69, 9.17) is 10.8 Å². The number of nitrogens with two attached hydrogens (primary N) is 1. The third-order valence-electron chi connectivity index (χ3n) is 4.21. The average Bonchev–Trinajstić information content (AvgIpc) is 2.56. The third kappa shape index (κ3) is 3.03. The summed E-state index contributed by atoms with van der Waals surface area (Å²) in [5.74, 6) is -0.916. The lowest BCUT2D eigenvalue weighted by molar-refractivity contribution is 0.0697. The van der Waals surface area contributed by atoms with Gasteiger partial charge >= 0.3 is 5.97 Å². The number of nitrogens with zero attached hydrogens (tertiary/aromatic N) is 4. The number of likely N-dealkylation sites (N-methyl/N-ethyl adjacent to an activating group) is 1. The summed E-state index contributed by atoms with van der Waals surface area (Å²) in [7, 11) is 1.80. The molecule has 0 saturated heterocycles. The minimum absolute atomic E-state index is 0.0398. The van der Waals surface area contributed by atoms with Gasteiger partial charge in [-0.25, -0.2) is 9.79 Å². The van der Waals surface area contributed by atoms with Crippen molar-refractivity contribution in [3.63, 3.8) is 0 Å². The van der Waals surface area contributed by atoms with Crippen molar-refractivity contribution in [3.05, 3.63) is 29.8 Å². The molecule has 130 valence electrons. The average molecular weight is 342 g/mol. The number of carbonyl (C=O) groups is 1. The van der Waals surface area contributed by atoms with E-state index in [2.05, 4.69) is 20.3 Å². The van der Waals surface area contributed by atoms with E-state index in [1.54, 1.807) is 25.4 Å². The zero-order chi connectivity index (χ0) is 18.2. The van der Waals surface area contributed by atoms with Gasteiger partial charge in [0.25, 0.3) is 0 Å². The summed E-state index contributed by atoms with van der Waals surface area (Å²) in [5, 5.41) is 22.3. The number of fused-ring (bicyclic) bond motifs is 1. The number of aromatic carboxylic acids is 1. The van der Waals surface area contributed by atoms with Gasteiger partial charge in [-0.3, -0.25) is 0 Å². The minimum atomic E-state index is -0.969. The van der Waals surface area contributed by atoms with E-state index in [1.807, 2.05) is 11.8 Å². The van der Waals surface area contributed by atoms with Crippen LogP contribution in [0.5, 0.6) is 5.88 Å². The van der Waals surface area contributed by atoms with E-state index in [9.17, 15) is 9.90 Å². The van der Waals surface area contributed by atoms with Gasteiger partial charge in [-0.1, -0.05) is 0 Å². The molecule has 0 radical (unpaired) electrons. The van der Waals surface area contributed by atoms with Gasteiger partial charge in [-0.05, 0) is 31.2 Å². The number of aliphatic imine (C=N–C) groups is 1. The maximum atomic E-state index is 10.9. The Labute approximate surface area is 143 Å². The van der Waals surface area contributed by atoms with Gasteiger partial charge in [0.1, 0.15) is 5.69 Å². The first-order valence-electron chi connectivity index (χ1n) is 7.53. The Balaban J connectivity index is 1.80. The summed E-state index contributed by atoms with van der Waals surface area (Å²) in [4.78, 5) is 24.8. The molecule has 1 aliphatic rings. The van der Waals surface area contributed by atoms with Gasteiger partial charge in [0.15, 0.2) is 5.82 Å². The van der Waals surface area contributed by atoms with E-state index < -0.39 is 11.5 Å². The second kappa shape index (κ2) is 5.93. The van der Waals surface area contributed by atoms with E-state index in [-0.39, 0.29) is 17.4 Å². The van der Waals surface area contributed by atoms with Crippen LogP contribution < -0.4 is 16.0 Å². The van der Waals surface area contributed by atoms with Gasteiger partial charge in [0.05, 0.1) is 11.1 Å². The molecule has 3 rings (SSSR count). The Morgan fingerprint density at radius 2 is 2.00 bits per heavy atom. The molecule has 0 spiro atoms. The Morgan fingerprint density at radius 3 is 2.64 bits per heavy atom. The molecule has 0 fully saturated rings. The van der Waals surface area contributed by atoms with E-state index in [1.165, 1.54) is 12.1 Å². The normalized spacial score (nSPS) is 18.7. The van der Waals surface area contributed by atoms with Crippen molar-refractivity contribution in [2.24, 2.45) is 4.99 Å². The van der Waals surface area contributed by atoms with Crippen molar-refractivity contribution in [3.8, 4) is 5.88 Å². The first-order valence-corrected chi connectivity index (χ1v) is 7.53. The molecule has 9 nitrogen and oxygen atoms in total. The number of aromatic hydroxyl groups is 1. The van der Waals surface area contributed by atoms with E-state index in [0.717, 1.165) is 5.69 Å². The molecule has 2 aromatic rings. The van der Waals surface area contributed by atoms with Crippen LogP contribution in [0.4, 0.5) is 23.1 Å². The van der Waals surface area contributed by atoms with Gasteiger partial charge in [-0.15, -0.1) is 0 Å². The Morgan fingerprint density at radius 1 is 1.32 bits per heavy atom. The van der Waals surface area contributed by atoms with Crippen molar-refractivity contribution in [2.75, 3.05) is 29.5 Å². The number of nitrogens with one attached hydrogen (secondary N) is 1. The number of hydrogen-bond acceptors (Lipinski definition) is 8. The van der Waals surface area contributed by atoms with Crippen LogP contribution in [0.15, 0.2) is 29.3 Å². The van der Waals surface area contributed by atoms with Crippen LogP contribution in [0.1, 0.15) is 17.3 Å². The molecule has 0 amide bonds. The van der Waals surface area contributed by atoms with Crippen LogP contribution in [0, 0.1) is 0 Å². The van der Waals surface area contributed by atoms with Crippen LogP contribution in [-0.4, -0.2) is 51.5 Å². The molecule has 2 heterocycles. The van der Waals surface area contributed by atoms with Gasteiger partial charge in [0.2, 0.25) is 11.8 Å². The Hall–Kier alpha value is -3.36. The highest BCUT2D eigenvalue weighted by Gasteiger charge is 2.35.